The highest BCUT2D eigenvalue weighted by atomic mass is 32.1. The maximum absolute atomic E-state index is 12.4. The first-order chi connectivity index (χ1) is 14.8. The molecule has 1 aliphatic rings. The fourth-order valence-electron chi connectivity index (χ4n) is 4.17. The smallest absolute Gasteiger partial charge is 0.337 e. The second kappa shape index (κ2) is 8.83. The molecule has 3 N–H and O–H groups in total. The number of carboxylic acid groups (broad SMARTS) is 1. The van der Waals surface area contributed by atoms with E-state index >= 15 is 0 Å². The zero-order chi connectivity index (χ0) is 23.8. The van der Waals surface area contributed by atoms with E-state index in [4.69, 9.17) is 10.5 Å². The lowest BCUT2D eigenvalue weighted by Crippen LogP contribution is -2.28. The summed E-state index contributed by atoms with van der Waals surface area (Å²) in [5.74, 6) is -1.52. The molecule has 0 saturated heterocycles. The molecule has 3 rings (SSSR count). The van der Waals surface area contributed by atoms with Gasteiger partial charge in [0.2, 0.25) is 5.91 Å². The van der Waals surface area contributed by atoms with Gasteiger partial charge in [0.05, 0.1) is 5.60 Å². The van der Waals surface area contributed by atoms with Crippen LogP contribution in [0.5, 0.6) is 0 Å². The van der Waals surface area contributed by atoms with E-state index in [9.17, 15) is 14.7 Å². The monoisotopic (exact) mass is 455 g/mol. The third kappa shape index (κ3) is 5.13. The Bertz CT molecular complexity index is 1070. The summed E-state index contributed by atoms with van der Waals surface area (Å²) in [6.07, 6.45) is 3.87. The fourth-order valence-corrected chi connectivity index (χ4v) is 5.42. The van der Waals surface area contributed by atoms with Crippen LogP contribution >= 0.6 is 11.3 Å². The van der Waals surface area contributed by atoms with E-state index in [0.717, 1.165) is 45.7 Å². The summed E-state index contributed by atoms with van der Waals surface area (Å²) in [6.45, 7) is 12.0. The van der Waals surface area contributed by atoms with Crippen molar-refractivity contribution in [1.29, 1.82) is 0 Å². The molecule has 1 aromatic heterocycles. The van der Waals surface area contributed by atoms with Gasteiger partial charge in [0, 0.05) is 32.0 Å². The lowest BCUT2D eigenvalue weighted by molar-refractivity contribution is -0.160. The van der Waals surface area contributed by atoms with Gasteiger partial charge in [0.15, 0.2) is 6.10 Å². The van der Waals surface area contributed by atoms with Gasteiger partial charge in [-0.05, 0) is 64.0 Å². The molecular formula is C26H33NO4S. The number of aliphatic carboxylic acids is 1. The molecule has 5 nitrogen and oxygen atoms in total. The highest BCUT2D eigenvalue weighted by molar-refractivity contribution is 7.16. The van der Waals surface area contributed by atoms with Crippen LogP contribution in [0.15, 0.2) is 30.3 Å². The Kier molecular flexibility index (Phi) is 6.68. The number of ether oxygens (including phenoxy) is 1. The lowest BCUT2D eigenvalue weighted by atomic mass is 9.76. The van der Waals surface area contributed by atoms with E-state index in [-0.39, 0.29) is 5.41 Å². The van der Waals surface area contributed by atoms with Gasteiger partial charge in [-0.25, -0.2) is 4.79 Å². The van der Waals surface area contributed by atoms with Crippen LogP contribution < -0.4 is 5.73 Å². The number of amides is 1. The predicted octanol–water partition coefficient (Wildman–Crippen LogP) is 6.36. The number of hydrogen-bond acceptors (Lipinski definition) is 4. The average molecular weight is 456 g/mol. The molecule has 1 unspecified atom stereocenters. The maximum atomic E-state index is 12.4. The number of carbonyl (C=O) groups is 2. The van der Waals surface area contributed by atoms with Gasteiger partial charge in [0.1, 0.15) is 0 Å². The third-order valence-electron chi connectivity index (χ3n) is 5.82. The Labute approximate surface area is 194 Å². The largest absolute Gasteiger partial charge is 0.479 e. The summed E-state index contributed by atoms with van der Waals surface area (Å²) in [6, 6.07) is 7.26. The summed E-state index contributed by atoms with van der Waals surface area (Å²) in [5, 5.41) is 10.1. The van der Waals surface area contributed by atoms with E-state index in [0.29, 0.717) is 11.1 Å². The molecule has 0 spiro atoms. The number of primary amides is 1. The summed E-state index contributed by atoms with van der Waals surface area (Å²) in [5.41, 5.74) is 9.09. The molecule has 32 heavy (non-hydrogen) atoms. The van der Waals surface area contributed by atoms with Crippen molar-refractivity contribution >= 4 is 28.8 Å². The van der Waals surface area contributed by atoms with Crippen molar-refractivity contribution in [1.82, 2.24) is 0 Å². The van der Waals surface area contributed by atoms with Crippen LogP contribution in [0.2, 0.25) is 0 Å². The number of hydrogen-bond donors (Lipinski definition) is 2. The molecule has 0 fully saturated rings. The Hall–Kier alpha value is -2.44. The molecule has 1 aromatic carbocycles. The zero-order valence-electron chi connectivity index (χ0n) is 19.7. The SMILES string of the molecule is Cc1sc(-c2ccccc2C(N)=O)c(C2=CCC(C)(C)CC2)c1C(OC(C)(C)C)C(=O)O. The van der Waals surface area contributed by atoms with E-state index < -0.39 is 23.6 Å². The second-order valence-corrected chi connectivity index (χ2v) is 11.5. The van der Waals surface area contributed by atoms with Crippen molar-refractivity contribution in [2.45, 2.75) is 72.5 Å². The van der Waals surface area contributed by atoms with Crippen molar-refractivity contribution in [2.24, 2.45) is 11.1 Å². The van der Waals surface area contributed by atoms with E-state index in [2.05, 4.69) is 19.9 Å². The van der Waals surface area contributed by atoms with Crippen LogP contribution in [0, 0.1) is 12.3 Å². The van der Waals surface area contributed by atoms with Crippen LogP contribution in [0.25, 0.3) is 16.0 Å². The number of carbonyl (C=O) groups excluding carboxylic acids is 1. The number of benzene rings is 1. The van der Waals surface area contributed by atoms with E-state index in [1.165, 1.54) is 11.3 Å². The van der Waals surface area contributed by atoms with Gasteiger partial charge in [-0.2, -0.15) is 0 Å². The molecule has 0 bridgehead atoms. The Morgan fingerprint density at radius 3 is 2.41 bits per heavy atom. The van der Waals surface area contributed by atoms with Crippen molar-refractivity contribution in [3.8, 4) is 10.4 Å². The maximum Gasteiger partial charge on any atom is 0.337 e. The highest BCUT2D eigenvalue weighted by Crippen LogP contribution is 2.49. The van der Waals surface area contributed by atoms with Gasteiger partial charge in [0.25, 0.3) is 0 Å². The van der Waals surface area contributed by atoms with Crippen LogP contribution in [0.1, 0.15) is 86.3 Å². The van der Waals surface area contributed by atoms with Gasteiger partial charge in [-0.1, -0.05) is 38.1 Å². The Balaban J connectivity index is 2.31. The first kappa shape index (κ1) is 24.2. The molecule has 1 aliphatic carbocycles. The summed E-state index contributed by atoms with van der Waals surface area (Å²) < 4.78 is 6.05. The standard InChI is InChI=1S/C26H33NO4S/c1-15-19(21(24(29)30)31-25(2,3)4)20(16-11-13-26(5,6)14-12-16)22(32-15)17-9-7-8-10-18(17)23(27)28/h7-11,21H,12-14H2,1-6H3,(H2,27,28)(H,29,30). The van der Waals surface area contributed by atoms with Crippen LogP contribution in [-0.2, 0) is 9.53 Å². The average Bonchev–Trinajstić information content (AvgIpc) is 3.02. The molecule has 2 aromatic rings. The summed E-state index contributed by atoms with van der Waals surface area (Å²) >= 11 is 1.50. The lowest BCUT2D eigenvalue weighted by Gasteiger charge is -2.31. The number of aryl methyl sites for hydroxylation is 1. The number of allylic oxidation sites excluding steroid dienone is 2. The third-order valence-corrected chi connectivity index (χ3v) is 6.97. The molecular weight excluding hydrogens is 422 g/mol. The number of carboxylic acids is 1. The molecule has 0 saturated carbocycles. The number of thiophene rings is 1. The number of nitrogens with two attached hydrogens (primary N) is 1. The van der Waals surface area contributed by atoms with Crippen LogP contribution in [0.3, 0.4) is 0 Å². The van der Waals surface area contributed by atoms with Crippen LogP contribution in [-0.4, -0.2) is 22.6 Å². The normalized spacial score (nSPS) is 17.0. The van der Waals surface area contributed by atoms with Gasteiger partial charge in [-0.3, -0.25) is 4.79 Å². The summed E-state index contributed by atoms with van der Waals surface area (Å²) in [7, 11) is 0. The molecule has 1 heterocycles. The topological polar surface area (TPSA) is 89.6 Å². The van der Waals surface area contributed by atoms with Crippen LogP contribution in [0.4, 0.5) is 0 Å². The van der Waals surface area contributed by atoms with Crippen molar-refractivity contribution in [2.75, 3.05) is 0 Å². The molecule has 6 heteroatoms. The second-order valence-electron chi connectivity index (χ2n) is 10.2. The van der Waals surface area contributed by atoms with Gasteiger partial charge < -0.3 is 15.6 Å². The summed E-state index contributed by atoms with van der Waals surface area (Å²) in [4.78, 5) is 26.3. The molecule has 0 radical (unpaired) electrons. The predicted molar refractivity (Wildman–Crippen MR) is 130 cm³/mol. The van der Waals surface area contributed by atoms with Crippen molar-refractivity contribution in [3.05, 3.63) is 51.9 Å². The zero-order valence-corrected chi connectivity index (χ0v) is 20.6. The van der Waals surface area contributed by atoms with E-state index in [1.807, 2.05) is 39.8 Å². The molecule has 0 aliphatic heterocycles. The highest BCUT2D eigenvalue weighted by Gasteiger charge is 2.35. The molecule has 1 amide bonds. The quantitative estimate of drug-likeness (QED) is 0.530. The Morgan fingerprint density at radius 2 is 1.88 bits per heavy atom. The van der Waals surface area contributed by atoms with Crippen molar-refractivity contribution in [3.63, 3.8) is 0 Å². The molecule has 1 atom stereocenters. The first-order valence-electron chi connectivity index (χ1n) is 10.9. The first-order valence-corrected chi connectivity index (χ1v) is 11.7. The van der Waals surface area contributed by atoms with E-state index in [1.54, 1.807) is 12.1 Å². The van der Waals surface area contributed by atoms with Gasteiger partial charge in [-0.15, -0.1) is 11.3 Å². The minimum Gasteiger partial charge on any atom is -0.479 e. The Morgan fingerprint density at radius 1 is 1.22 bits per heavy atom. The number of rotatable bonds is 6. The fraction of sp³-hybridized carbons (Fsp3) is 0.462. The molecule has 172 valence electrons. The van der Waals surface area contributed by atoms with Crippen molar-refractivity contribution < 1.29 is 19.4 Å². The minimum absolute atomic E-state index is 0.203. The minimum atomic E-state index is -1.11. The van der Waals surface area contributed by atoms with Gasteiger partial charge >= 0.3 is 5.97 Å².